The number of anilines is 1. The summed E-state index contributed by atoms with van der Waals surface area (Å²) >= 11 is 2.90. The number of nitro benzene ring substituents is 1. The van der Waals surface area contributed by atoms with Crippen molar-refractivity contribution in [2.75, 3.05) is 12.4 Å². The Labute approximate surface area is 121 Å². The summed E-state index contributed by atoms with van der Waals surface area (Å²) in [5.74, 6) is -0.212. The van der Waals surface area contributed by atoms with E-state index in [4.69, 9.17) is 4.74 Å². The van der Waals surface area contributed by atoms with Crippen LogP contribution in [0, 0.1) is 15.9 Å². The van der Waals surface area contributed by atoms with Gasteiger partial charge in [-0.3, -0.25) is 10.1 Å². The Hall–Kier alpha value is -2.22. The molecule has 20 heavy (non-hydrogen) atoms. The fourth-order valence-electron chi connectivity index (χ4n) is 1.47. The Morgan fingerprint density at radius 1 is 1.45 bits per heavy atom. The quantitative estimate of drug-likeness (QED) is 0.677. The number of halogens is 2. The maximum atomic E-state index is 13.5. The van der Waals surface area contributed by atoms with Crippen LogP contribution in [-0.4, -0.2) is 17.0 Å². The zero-order valence-corrected chi connectivity index (χ0v) is 11.8. The number of nitrogens with one attached hydrogen (secondary N) is 1. The molecule has 0 spiro atoms. The van der Waals surface area contributed by atoms with Gasteiger partial charge in [0.05, 0.1) is 9.40 Å². The van der Waals surface area contributed by atoms with E-state index in [-0.39, 0.29) is 21.8 Å². The van der Waals surface area contributed by atoms with Crippen LogP contribution in [0.5, 0.6) is 11.6 Å². The lowest BCUT2D eigenvalue weighted by atomic mass is 10.3. The van der Waals surface area contributed by atoms with E-state index in [2.05, 4.69) is 26.2 Å². The van der Waals surface area contributed by atoms with Gasteiger partial charge in [-0.25, -0.2) is 4.39 Å². The van der Waals surface area contributed by atoms with Gasteiger partial charge in [-0.05, 0) is 22.0 Å². The summed E-state index contributed by atoms with van der Waals surface area (Å²) in [4.78, 5) is 14.3. The summed E-state index contributed by atoms with van der Waals surface area (Å²) in [6.07, 6.45) is 0. The molecule has 0 saturated heterocycles. The third kappa shape index (κ3) is 3.02. The van der Waals surface area contributed by atoms with E-state index in [1.165, 1.54) is 6.07 Å². The third-order valence-electron chi connectivity index (χ3n) is 2.39. The van der Waals surface area contributed by atoms with Crippen molar-refractivity contribution in [3.8, 4) is 11.6 Å². The van der Waals surface area contributed by atoms with E-state index in [9.17, 15) is 14.5 Å². The lowest BCUT2D eigenvalue weighted by Gasteiger charge is -2.07. The summed E-state index contributed by atoms with van der Waals surface area (Å²) in [7, 11) is 1.67. The van der Waals surface area contributed by atoms with Gasteiger partial charge < -0.3 is 10.1 Å². The van der Waals surface area contributed by atoms with Crippen LogP contribution >= 0.6 is 15.9 Å². The summed E-state index contributed by atoms with van der Waals surface area (Å²) in [5, 5.41) is 13.8. The van der Waals surface area contributed by atoms with Crippen molar-refractivity contribution in [1.29, 1.82) is 0 Å². The molecular weight excluding hydrogens is 333 g/mol. The van der Waals surface area contributed by atoms with Crippen LogP contribution < -0.4 is 10.1 Å². The first-order valence-corrected chi connectivity index (χ1v) is 6.26. The SMILES string of the molecule is CNc1cccc(Oc2cc(F)c(Br)cc2[N+](=O)[O-])n1. The lowest BCUT2D eigenvalue weighted by Crippen LogP contribution is -1.98. The van der Waals surface area contributed by atoms with Crippen LogP contribution in [0.25, 0.3) is 0 Å². The average molecular weight is 342 g/mol. The predicted octanol–water partition coefficient (Wildman–Crippen LogP) is 3.73. The summed E-state index contributed by atoms with van der Waals surface area (Å²) < 4.78 is 18.8. The molecule has 0 aliphatic carbocycles. The van der Waals surface area contributed by atoms with Gasteiger partial charge in [-0.15, -0.1) is 0 Å². The maximum Gasteiger partial charge on any atom is 0.312 e. The van der Waals surface area contributed by atoms with Gasteiger partial charge in [0.25, 0.3) is 0 Å². The number of benzene rings is 1. The highest BCUT2D eigenvalue weighted by Crippen LogP contribution is 2.35. The average Bonchev–Trinajstić information content (AvgIpc) is 2.42. The molecule has 0 bridgehead atoms. The van der Waals surface area contributed by atoms with Crippen molar-refractivity contribution in [3.63, 3.8) is 0 Å². The minimum Gasteiger partial charge on any atom is -0.432 e. The molecule has 1 aromatic heterocycles. The normalized spacial score (nSPS) is 10.2. The van der Waals surface area contributed by atoms with Gasteiger partial charge in [-0.2, -0.15) is 4.98 Å². The Balaban J connectivity index is 2.41. The molecule has 2 aromatic rings. The number of nitrogens with zero attached hydrogens (tertiary/aromatic N) is 2. The minimum atomic E-state index is -0.657. The highest BCUT2D eigenvalue weighted by atomic mass is 79.9. The first kappa shape index (κ1) is 14.2. The molecule has 0 aliphatic heterocycles. The zero-order chi connectivity index (χ0) is 14.7. The molecule has 0 atom stereocenters. The van der Waals surface area contributed by atoms with E-state index >= 15 is 0 Å². The second kappa shape index (κ2) is 5.83. The molecule has 1 heterocycles. The minimum absolute atomic E-state index is 0.00603. The summed E-state index contributed by atoms with van der Waals surface area (Å²) in [5.41, 5.74) is -0.352. The number of nitro groups is 1. The number of ether oxygens (including phenoxy) is 1. The van der Waals surface area contributed by atoms with Crippen molar-refractivity contribution in [3.05, 3.63) is 50.7 Å². The molecule has 8 heteroatoms. The molecule has 0 amide bonds. The van der Waals surface area contributed by atoms with Crippen LogP contribution in [0.2, 0.25) is 0 Å². The molecule has 1 aromatic carbocycles. The van der Waals surface area contributed by atoms with Gasteiger partial charge >= 0.3 is 5.69 Å². The smallest absolute Gasteiger partial charge is 0.312 e. The van der Waals surface area contributed by atoms with Crippen molar-refractivity contribution in [2.24, 2.45) is 0 Å². The fraction of sp³-hybridized carbons (Fsp3) is 0.0833. The molecule has 0 fully saturated rings. The molecule has 0 aliphatic rings. The second-order valence-electron chi connectivity index (χ2n) is 3.70. The predicted molar refractivity (Wildman–Crippen MR) is 74.6 cm³/mol. The summed E-state index contributed by atoms with van der Waals surface area (Å²) in [6, 6.07) is 6.87. The van der Waals surface area contributed by atoms with Crippen LogP contribution in [-0.2, 0) is 0 Å². The van der Waals surface area contributed by atoms with Crippen LogP contribution in [0.1, 0.15) is 0 Å². The number of aromatic nitrogens is 1. The van der Waals surface area contributed by atoms with Gasteiger partial charge in [0.2, 0.25) is 11.6 Å². The number of pyridine rings is 1. The van der Waals surface area contributed by atoms with E-state index < -0.39 is 10.7 Å². The third-order valence-corrected chi connectivity index (χ3v) is 3.00. The summed E-state index contributed by atoms with van der Waals surface area (Å²) in [6.45, 7) is 0. The highest BCUT2D eigenvalue weighted by molar-refractivity contribution is 9.10. The Kier molecular flexibility index (Phi) is 4.14. The van der Waals surface area contributed by atoms with Gasteiger partial charge in [0.1, 0.15) is 11.6 Å². The Morgan fingerprint density at radius 2 is 2.20 bits per heavy atom. The van der Waals surface area contributed by atoms with Gasteiger partial charge in [-0.1, -0.05) is 6.07 Å². The van der Waals surface area contributed by atoms with Crippen molar-refractivity contribution in [1.82, 2.24) is 4.98 Å². The molecule has 104 valence electrons. The van der Waals surface area contributed by atoms with Crippen LogP contribution in [0.4, 0.5) is 15.9 Å². The van der Waals surface area contributed by atoms with E-state index in [1.807, 2.05) is 0 Å². The maximum absolute atomic E-state index is 13.5. The first-order chi connectivity index (χ1) is 9.51. The van der Waals surface area contributed by atoms with E-state index in [0.29, 0.717) is 5.82 Å². The molecule has 1 N–H and O–H groups in total. The van der Waals surface area contributed by atoms with Gasteiger partial charge in [0, 0.05) is 25.2 Å². The lowest BCUT2D eigenvalue weighted by molar-refractivity contribution is -0.385. The van der Waals surface area contributed by atoms with Crippen molar-refractivity contribution < 1.29 is 14.1 Å². The zero-order valence-electron chi connectivity index (χ0n) is 10.3. The van der Waals surface area contributed by atoms with Gasteiger partial charge in [0.15, 0.2) is 0 Å². The Bertz CT molecular complexity index is 666. The van der Waals surface area contributed by atoms with E-state index in [1.54, 1.807) is 19.2 Å². The first-order valence-electron chi connectivity index (χ1n) is 5.47. The van der Waals surface area contributed by atoms with E-state index in [0.717, 1.165) is 12.1 Å². The molecule has 0 unspecified atom stereocenters. The van der Waals surface area contributed by atoms with Crippen LogP contribution in [0.3, 0.4) is 0 Å². The van der Waals surface area contributed by atoms with Crippen LogP contribution in [0.15, 0.2) is 34.8 Å². The largest absolute Gasteiger partial charge is 0.432 e. The Morgan fingerprint density at radius 3 is 2.85 bits per heavy atom. The molecule has 0 radical (unpaired) electrons. The topological polar surface area (TPSA) is 77.3 Å². The standard InChI is InChI=1S/C12H9BrFN3O3/c1-15-11-3-2-4-12(16-11)20-10-6-8(14)7(13)5-9(10)17(18)19/h2-6H,1H3,(H,15,16). The number of rotatable bonds is 4. The highest BCUT2D eigenvalue weighted by Gasteiger charge is 2.20. The monoisotopic (exact) mass is 341 g/mol. The molecule has 2 rings (SSSR count). The molecule has 0 saturated carbocycles. The number of hydrogen-bond acceptors (Lipinski definition) is 5. The van der Waals surface area contributed by atoms with Crippen molar-refractivity contribution >= 4 is 27.4 Å². The number of hydrogen-bond donors (Lipinski definition) is 1. The second-order valence-corrected chi connectivity index (χ2v) is 4.56. The fourth-order valence-corrected chi connectivity index (χ4v) is 1.80. The van der Waals surface area contributed by atoms with Crippen molar-refractivity contribution in [2.45, 2.75) is 0 Å². The molecule has 6 nitrogen and oxygen atoms in total. The molecular formula is C12H9BrFN3O3.